The molecule has 0 spiro atoms. The fourth-order valence-electron chi connectivity index (χ4n) is 2.48. The molecule has 0 amide bonds. The number of pyridine rings is 1. The fraction of sp³-hybridized carbons (Fsp3) is 0.333. The molecule has 0 radical (unpaired) electrons. The van der Waals surface area contributed by atoms with E-state index in [1.54, 1.807) is 13.3 Å². The number of ether oxygens (including phenoxy) is 2. The number of fused-ring (bicyclic) bond motifs is 1. The Labute approximate surface area is 168 Å². The molecular weight excluding hydrogens is 404 g/mol. The van der Waals surface area contributed by atoms with Crippen molar-refractivity contribution in [3.8, 4) is 5.75 Å². The Morgan fingerprint density at radius 1 is 1.19 bits per heavy atom. The Hall–Kier alpha value is -1.47. The van der Waals surface area contributed by atoms with Crippen molar-refractivity contribution in [2.75, 3.05) is 20.3 Å². The molecule has 1 N–H and O–H groups in total. The summed E-state index contributed by atoms with van der Waals surface area (Å²) in [5, 5.41) is 0.466. The first-order valence-corrected chi connectivity index (χ1v) is 9.40. The number of aromatic nitrogens is 3. The molecule has 0 saturated heterocycles. The number of imidazole rings is 1. The van der Waals surface area contributed by atoms with Crippen LogP contribution in [0.4, 0.5) is 0 Å². The molecule has 1 atom stereocenters. The zero-order valence-corrected chi connectivity index (χ0v) is 18.8. The largest absolute Gasteiger partial charge is 0.609 e. The number of rotatable bonds is 8. The van der Waals surface area contributed by atoms with Crippen LogP contribution >= 0.6 is 0 Å². The molecule has 0 saturated carbocycles. The molecule has 6 nitrogen and oxygen atoms in total. The average Bonchev–Trinajstić information content (AvgIpc) is 3.06. The van der Waals surface area contributed by atoms with Crippen LogP contribution in [-0.2, 0) is 41.1 Å². The summed E-state index contributed by atoms with van der Waals surface area (Å²) < 4.78 is 23.5. The van der Waals surface area contributed by atoms with Crippen LogP contribution in [0.15, 0.2) is 41.7 Å². The van der Waals surface area contributed by atoms with Crippen LogP contribution in [0.3, 0.4) is 0 Å². The van der Waals surface area contributed by atoms with Gasteiger partial charge in [0.15, 0.2) is 5.75 Å². The van der Waals surface area contributed by atoms with Crippen molar-refractivity contribution < 1.29 is 33.5 Å². The molecule has 1 unspecified atom stereocenters. The van der Waals surface area contributed by atoms with Crippen LogP contribution in [0.25, 0.3) is 11.0 Å². The summed E-state index contributed by atoms with van der Waals surface area (Å²) in [6.07, 6.45) is 2.50. The van der Waals surface area contributed by atoms with Crippen LogP contribution in [0, 0.1) is 6.92 Å². The van der Waals surface area contributed by atoms with Crippen molar-refractivity contribution in [2.24, 2.45) is 0 Å². The predicted octanol–water partition coefficient (Wildman–Crippen LogP) is 2.99. The third-order valence-corrected chi connectivity index (χ3v) is 5.02. The zero-order valence-electron chi connectivity index (χ0n) is 15.0. The summed E-state index contributed by atoms with van der Waals surface area (Å²) in [5.41, 5.74) is 3.35. The Morgan fingerprint density at radius 2 is 2.00 bits per heavy atom. The van der Waals surface area contributed by atoms with Crippen molar-refractivity contribution in [2.45, 2.75) is 24.3 Å². The number of methoxy groups -OCH3 is 1. The first-order chi connectivity index (χ1) is 12.2. The normalized spacial score (nSPS) is 12.0. The second kappa shape index (κ2) is 10.0. The van der Waals surface area contributed by atoms with Crippen molar-refractivity contribution in [1.82, 2.24) is 15.0 Å². The van der Waals surface area contributed by atoms with Crippen LogP contribution < -0.4 is 4.74 Å². The minimum Gasteiger partial charge on any atom is -0.609 e. The Balaban J connectivity index is 0.00000243. The van der Waals surface area contributed by atoms with Gasteiger partial charge in [-0.25, -0.2) is 0 Å². The van der Waals surface area contributed by atoms with E-state index in [1.807, 2.05) is 37.3 Å². The Morgan fingerprint density at radius 3 is 2.77 bits per heavy atom. The summed E-state index contributed by atoms with van der Waals surface area (Å²) in [4.78, 5) is 11.9. The van der Waals surface area contributed by atoms with Gasteiger partial charge in [-0.3, -0.25) is 9.97 Å². The molecule has 134 valence electrons. The molecule has 0 fully saturated rings. The summed E-state index contributed by atoms with van der Waals surface area (Å²) in [5.74, 6) is 1.06. The monoisotopic (exact) mass is 423 g/mol. The first kappa shape index (κ1) is 20.8. The minimum absolute atomic E-state index is 0. The molecule has 2 aromatic heterocycles. The van der Waals surface area contributed by atoms with E-state index in [-0.39, 0.29) is 19.5 Å². The van der Waals surface area contributed by atoms with Crippen molar-refractivity contribution in [1.29, 1.82) is 0 Å². The molecule has 0 aliphatic carbocycles. The Kier molecular flexibility index (Phi) is 8.03. The quantitative estimate of drug-likeness (QED) is 0.341. The summed E-state index contributed by atoms with van der Waals surface area (Å²) in [6.45, 7) is 3.17. The minimum atomic E-state index is -1.30. The maximum absolute atomic E-state index is 12.7. The first-order valence-electron chi connectivity index (χ1n) is 8.08. The van der Waals surface area contributed by atoms with E-state index in [4.69, 9.17) is 9.47 Å². The van der Waals surface area contributed by atoms with E-state index in [9.17, 15) is 4.55 Å². The molecule has 26 heavy (non-hydrogen) atoms. The van der Waals surface area contributed by atoms with Crippen LogP contribution in [0.1, 0.15) is 17.7 Å². The molecular formula is C18H21N3O3SZn. The van der Waals surface area contributed by atoms with Crippen molar-refractivity contribution in [3.63, 3.8) is 0 Å². The summed E-state index contributed by atoms with van der Waals surface area (Å²) >= 11 is -1.30. The number of benzene rings is 1. The van der Waals surface area contributed by atoms with Gasteiger partial charge in [0.1, 0.15) is 5.75 Å². The topological polar surface area (TPSA) is 83.1 Å². The van der Waals surface area contributed by atoms with Gasteiger partial charge in [-0.05, 0) is 25.1 Å². The van der Waals surface area contributed by atoms with Gasteiger partial charge < -0.3 is 14.0 Å². The molecule has 8 heteroatoms. The van der Waals surface area contributed by atoms with Crippen LogP contribution in [-0.4, -0.2) is 39.8 Å². The molecule has 0 aliphatic heterocycles. The number of nitrogens with zero attached hydrogens (tertiary/aromatic N) is 2. The van der Waals surface area contributed by atoms with E-state index in [0.717, 1.165) is 34.5 Å². The van der Waals surface area contributed by atoms with Gasteiger partial charge >= 0.3 is 5.16 Å². The van der Waals surface area contributed by atoms with Gasteiger partial charge in [-0.1, -0.05) is 12.1 Å². The molecule has 0 aliphatic rings. The molecule has 1 aromatic carbocycles. The number of nitrogens with one attached hydrogen (secondary N) is 1. The molecule has 3 rings (SSSR count). The standard InChI is InChI=1S/C18H21N3O3S.Zn/c1-13-16(19-9-8-17(13)24-11-5-10-23-2)12-25(22)18-20-14-6-3-4-7-15(14)21-18;/h3-4,6-9H,5,10-12H2,1-2H3,(H,20,21);. The van der Waals surface area contributed by atoms with Gasteiger partial charge in [-0.2, -0.15) is 4.98 Å². The maximum atomic E-state index is 12.7. The van der Waals surface area contributed by atoms with Crippen LogP contribution in [0.5, 0.6) is 5.75 Å². The second-order valence-electron chi connectivity index (χ2n) is 5.62. The number of hydrogen-bond donors (Lipinski definition) is 1. The number of para-hydroxylation sites is 2. The van der Waals surface area contributed by atoms with E-state index >= 15 is 0 Å². The zero-order chi connectivity index (χ0) is 17.6. The number of H-pyrrole nitrogens is 1. The molecule has 2 heterocycles. The van der Waals surface area contributed by atoms with Crippen molar-refractivity contribution >= 4 is 22.2 Å². The van der Waals surface area contributed by atoms with Crippen molar-refractivity contribution in [3.05, 3.63) is 47.8 Å². The Bertz CT molecular complexity index is 810. The van der Waals surface area contributed by atoms with Gasteiger partial charge in [0, 0.05) is 62.6 Å². The number of aromatic amines is 1. The van der Waals surface area contributed by atoms with Gasteiger partial charge in [0.25, 0.3) is 0 Å². The van der Waals surface area contributed by atoms with Gasteiger partial charge in [-0.15, -0.1) is 0 Å². The van der Waals surface area contributed by atoms with Gasteiger partial charge in [0.05, 0.1) is 23.3 Å². The van der Waals surface area contributed by atoms with E-state index in [1.165, 1.54) is 0 Å². The third kappa shape index (κ3) is 5.04. The SMILES string of the molecule is COCCCOc1ccnc(C[S+]([O-])c2nc3ccccc3[nH]2)c1C.[Zn]. The average molecular weight is 425 g/mol. The number of hydrogen-bond acceptors (Lipinski definition) is 5. The van der Waals surface area contributed by atoms with E-state index < -0.39 is 11.2 Å². The smallest absolute Gasteiger partial charge is 0.322 e. The van der Waals surface area contributed by atoms with E-state index in [2.05, 4.69) is 15.0 Å². The van der Waals surface area contributed by atoms with Gasteiger partial charge in [0.2, 0.25) is 0 Å². The summed E-state index contributed by atoms with van der Waals surface area (Å²) in [6, 6.07) is 9.47. The maximum Gasteiger partial charge on any atom is 0.322 e. The predicted molar refractivity (Wildman–Crippen MR) is 97.2 cm³/mol. The molecule has 0 bridgehead atoms. The molecule has 3 aromatic rings. The van der Waals surface area contributed by atoms with Crippen LogP contribution in [0.2, 0.25) is 0 Å². The second-order valence-corrected chi connectivity index (χ2v) is 6.99. The fourth-order valence-corrected chi connectivity index (χ4v) is 3.58. The van der Waals surface area contributed by atoms with E-state index in [0.29, 0.717) is 24.1 Å². The summed E-state index contributed by atoms with van der Waals surface area (Å²) in [7, 11) is 1.67. The third-order valence-electron chi connectivity index (χ3n) is 3.86.